The Kier molecular flexibility index (Phi) is 7.59. The van der Waals surface area contributed by atoms with Crippen LogP contribution in [-0.2, 0) is 22.2 Å². The Labute approximate surface area is 225 Å². The molecule has 0 saturated heterocycles. The normalized spacial score (nSPS) is 18.6. The van der Waals surface area contributed by atoms with Gasteiger partial charge in [0, 0.05) is 18.5 Å². The molecule has 0 spiro atoms. The van der Waals surface area contributed by atoms with Crippen molar-refractivity contribution in [2.24, 2.45) is 0 Å². The predicted octanol–water partition coefficient (Wildman–Crippen LogP) is 4.58. The maximum absolute atomic E-state index is 14.0. The summed E-state index contributed by atoms with van der Waals surface area (Å²) in [4.78, 5) is 43.3. The fourth-order valence-corrected chi connectivity index (χ4v) is 4.96. The number of halogens is 3. The van der Waals surface area contributed by atoms with Gasteiger partial charge in [-0.15, -0.1) is 6.58 Å². The van der Waals surface area contributed by atoms with Crippen LogP contribution in [-0.4, -0.2) is 52.3 Å². The third-order valence-corrected chi connectivity index (χ3v) is 6.59. The molecular formula is C29H31F3N4O3. The topological polar surface area (TPSA) is 81.8 Å². The molecule has 2 heterocycles. The van der Waals surface area contributed by atoms with E-state index in [0.717, 1.165) is 11.6 Å². The Morgan fingerprint density at radius 1 is 1.10 bits per heavy atom. The summed E-state index contributed by atoms with van der Waals surface area (Å²) < 4.78 is 41.8. The molecule has 10 heteroatoms. The first-order valence-electron chi connectivity index (χ1n) is 12.6. The first-order chi connectivity index (χ1) is 18.3. The number of benzene rings is 2. The zero-order valence-electron chi connectivity index (χ0n) is 22.0. The molecule has 39 heavy (non-hydrogen) atoms. The molecule has 2 atom stereocenters. The van der Waals surface area contributed by atoms with Crippen LogP contribution >= 0.6 is 0 Å². The lowest BCUT2D eigenvalue weighted by atomic mass is 9.91. The second kappa shape index (κ2) is 10.6. The van der Waals surface area contributed by atoms with Gasteiger partial charge in [-0.25, -0.2) is 4.79 Å². The van der Waals surface area contributed by atoms with Crippen LogP contribution in [0.2, 0.25) is 0 Å². The van der Waals surface area contributed by atoms with E-state index < -0.39 is 47.2 Å². The van der Waals surface area contributed by atoms with Gasteiger partial charge in [0.25, 0.3) is 5.91 Å². The first kappa shape index (κ1) is 27.9. The van der Waals surface area contributed by atoms with Gasteiger partial charge >= 0.3 is 12.2 Å². The van der Waals surface area contributed by atoms with E-state index in [1.807, 2.05) is 51.1 Å². The van der Waals surface area contributed by atoms with E-state index in [2.05, 4.69) is 17.2 Å². The van der Waals surface area contributed by atoms with Crippen LogP contribution in [0.1, 0.15) is 43.5 Å². The number of hydrogen-bond acceptors (Lipinski definition) is 3. The van der Waals surface area contributed by atoms with Crippen LogP contribution in [0, 0.1) is 0 Å². The summed E-state index contributed by atoms with van der Waals surface area (Å²) in [7, 11) is 0. The van der Waals surface area contributed by atoms with Gasteiger partial charge in [0.15, 0.2) is 0 Å². The molecule has 2 unspecified atom stereocenters. The number of rotatable bonds is 7. The first-order valence-corrected chi connectivity index (χ1v) is 12.6. The van der Waals surface area contributed by atoms with Crippen LogP contribution in [0.4, 0.5) is 18.0 Å². The van der Waals surface area contributed by atoms with Crippen molar-refractivity contribution in [2.45, 2.75) is 51.0 Å². The molecule has 2 aromatic rings. The maximum atomic E-state index is 14.0. The van der Waals surface area contributed by atoms with Gasteiger partial charge in [-0.3, -0.25) is 14.5 Å². The number of nitrogens with zero attached hydrogens (tertiary/aromatic N) is 2. The lowest BCUT2D eigenvalue weighted by Crippen LogP contribution is -2.54. The lowest BCUT2D eigenvalue weighted by Gasteiger charge is -2.33. The summed E-state index contributed by atoms with van der Waals surface area (Å²) in [6.45, 7) is 9.04. The van der Waals surface area contributed by atoms with Crippen molar-refractivity contribution in [1.82, 2.24) is 20.4 Å². The van der Waals surface area contributed by atoms with Gasteiger partial charge in [-0.2, -0.15) is 13.2 Å². The maximum Gasteiger partial charge on any atom is 0.416 e. The minimum absolute atomic E-state index is 0.00905. The molecule has 0 radical (unpaired) electrons. The summed E-state index contributed by atoms with van der Waals surface area (Å²) >= 11 is 0. The molecule has 0 fully saturated rings. The van der Waals surface area contributed by atoms with E-state index in [0.29, 0.717) is 0 Å². The van der Waals surface area contributed by atoms with Gasteiger partial charge < -0.3 is 15.5 Å². The van der Waals surface area contributed by atoms with E-state index in [-0.39, 0.29) is 36.3 Å². The van der Waals surface area contributed by atoms with Crippen molar-refractivity contribution in [3.05, 3.63) is 95.2 Å². The summed E-state index contributed by atoms with van der Waals surface area (Å²) in [6.07, 6.45) is -3.05. The highest BCUT2D eigenvalue weighted by molar-refractivity contribution is 6.03. The molecule has 0 aliphatic carbocycles. The summed E-state index contributed by atoms with van der Waals surface area (Å²) in [5.41, 5.74) is -0.708. The zero-order chi connectivity index (χ0) is 28.5. The van der Waals surface area contributed by atoms with Crippen molar-refractivity contribution in [2.75, 3.05) is 13.1 Å². The number of carbonyl (C=O) groups is 3. The second-order valence-electron chi connectivity index (χ2n) is 10.6. The smallest absolute Gasteiger partial charge is 0.350 e. The molecule has 2 aromatic carbocycles. The number of carbonyl (C=O) groups excluding carboxylic acids is 3. The van der Waals surface area contributed by atoms with Crippen molar-refractivity contribution in [1.29, 1.82) is 0 Å². The zero-order valence-corrected chi connectivity index (χ0v) is 22.0. The molecule has 4 rings (SSSR count). The van der Waals surface area contributed by atoms with Gasteiger partial charge in [0.1, 0.15) is 6.04 Å². The Morgan fingerprint density at radius 2 is 1.74 bits per heavy atom. The Hall–Kier alpha value is -4.08. The third kappa shape index (κ3) is 5.84. The van der Waals surface area contributed by atoms with Gasteiger partial charge in [-0.1, -0.05) is 54.6 Å². The summed E-state index contributed by atoms with van der Waals surface area (Å²) in [5.74, 6) is -1.01. The molecular weight excluding hydrogens is 509 g/mol. The SMILES string of the molecule is C=CCN1C(=O)NC(c2ccccc2C(F)(F)F)C2=C1CN(C(Cc1ccccc1)C(=O)NC(C)(C)C)C2=O. The number of amides is 4. The van der Waals surface area contributed by atoms with E-state index in [4.69, 9.17) is 0 Å². The number of alkyl halides is 3. The Balaban J connectivity index is 1.80. The van der Waals surface area contributed by atoms with Gasteiger partial charge in [-0.05, 0) is 38.0 Å². The average molecular weight is 541 g/mol. The van der Waals surface area contributed by atoms with Crippen LogP contribution in [0.3, 0.4) is 0 Å². The fourth-order valence-electron chi connectivity index (χ4n) is 4.96. The Bertz CT molecular complexity index is 1320. The van der Waals surface area contributed by atoms with Crippen molar-refractivity contribution < 1.29 is 27.6 Å². The molecule has 0 bridgehead atoms. The highest BCUT2D eigenvalue weighted by Gasteiger charge is 2.49. The predicted molar refractivity (Wildman–Crippen MR) is 140 cm³/mol. The molecule has 0 saturated carbocycles. The molecule has 2 aliphatic heterocycles. The molecule has 0 aromatic heterocycles. The highest BCUT2D eigenvalue weighted by Crippen LogP contribution is 2.42. The van der Waals surface area contributed by atoms with Crippen LogP contribution in [0.5, 0.6) is 0 Å². The highest BCUT2D eigenvalue weighted by atomic mass is 19.4. The van der Waals surface area contributed by atoms with Crippen LogP contribution < -0.4 is 10.6 Å². The lowest BCUT2D eigenvalue weighted by molar-refractivity contribution is -0.139. The van der Waals surface area contributed by atoms with Crippen LogP contribution in [0.25, 0.3) is 0 Å². The number of urea groups is 1. The van der Waals surface area contributed by atoms with Crippen molar-refractivity contribution in [3.8, 4) is 0 Å². The van der Waals surface area contributed by atoms with Gasteiger partial charge in [0.05, 0.1) is 29.4 Å². The number of nitrogens with one attached hydrogen (secondary N) is 2. The van der Waals surface area contributed by atoms with Gasteiger partial charge in [0.2, 0.25) is 5.91 Å². The largest absolute Gasteiger partial charge is 0.416 e. The standard InChI is InChI=1S/C29H31F3N4O3/c1-5-15-35-22-17-36(21(25(37)34-28(2,3)4)16-18-11-7-6-8-12-18)26(38)23(22)24(33-27(35)39)19-13-9-10-14-20(19)29(30,31)32/h5-14,21,24H,1,15-17H2,2-4H3,(H,33,39)(H,34,37). The van der Waals surface area contributed by atoms with E-state index in [9.17, 15) is 27.6 Å². The van der Waals surface area contributed by atoms with Crippen molar-refractivity contribution in [3.63, 3.8) is 0 Å². The minimum atomic E-state index is -4.70. The van der Waals surface area contributed by atoms with Crippen LogP contribution in [0.15, 0.2) is 78.5 Å². The minimum Gasteiger partial charge on any atom is -0.350 e. The van der Waals surface area contributed by atoms with E-state index in [1.54, 1.807) is 0 Å². The third-order valence-electron chi connectivity index (χ3n) is 6.59. The molecule has 2 N–H and O–H groups in total. The van der Waals surface area contributed by atoms with E-state index in [1.165, 1.54) is 34.1 Å². The van der Waals surface area contributed by atoms with Crippen molar-refractivity contribution >= 4 is 17.8 Å². The summed E-state index contributed by atoms with van der Waals surface area (Å²) in [5, 5.41) is 5.51. The second-order valence-corrected chi connectivity index (χ2v) is 10.6. The fraction of sp³-hybridized carbons (Fsp3) is 0.345. The molecule has 2 aliphatic rings. The Morgan fingerprint density at radius 3 is 2.36 bits per heavy atom. The quantitative estimate of drug-likeness (QED) is 0.505. The molecule has 4 amide bonds. The summed E-state index contributed by atoms with van der Waals surface area (Å²) in [6, 6.07) is 11.1. The monoisotopic (exact) mass is 540 g/mol. The van der Waals surface area contributed by atoms with E-state index >= 15 is 0 Å². The molecule has 206 valence electrons. The average Bonchev–Trinajstić information content (AvgIpc) is 3.20. The molecule has 7 nitrogen and oxygen atoms in total. The number of hydrogen-bond donors (Lipinski definition) is 2.